The molecule has 6 heteroatoms. The maximum Gasteiger partial charge on any atom is 0.267 e. The minimum Gasteiger partial charge on any atom is -0.479 e. The maximum atomic E-state index is 12.5. The van der Waals surface area contributed by atoms with Crippen LogP contribution in [0.25, 0.3) is 0 Å². The predicted octanol–water partition coefficient (Wildman–Crippen LogP) is 2.61. The van der Waals surface area contributed by atoms with Crippen molar-refractivity contribution in [2.75, 3.05) is 32.1 Å². The Morgan fingerprint density at radius 1 is 1.14 bits per heavy atom. The highest BCUT2D eigenvalue weighted by Crippen LogP contribution is 2.33. The van der Waals surface area contributed by atoms with Gasteiger partial charge in [0.1, 0.15) is 5.75 Å². The summed E-state index contributed by atoms with van der Waals surface area (Å²) in [5.74, 6) is 0.473. The predicted molar refractivity (Wildman–Crippen MR) is 109 cm³/mol. The van der Waals surface area contributed by atoms with Crippen LogP contribution in [-0.4, -0.2) is 50.0 Å². The third-order valence-corrected chi connectivity index (χ3v) is 4.94. The average Bonchev–Trinajstić information content (AvgIpc) is 2.69. The van der Waals surface area contributed by atoms with Crippen LogP contribution in [0.15, 0.2) is 54.6 Å². The molecule has 2 atom stereocenters. The second kappa shape index (κ2) is 8.89. The topological polar surface area (TPSA) is 61.9 Å². The molecular weight excluding hydrogens is 354 g/mol. The monoisotopic (exact) mass is 381 g/mol. The number of rotatable bonds is 7. The fourth-order valence-electron chi connectivity index (χ4n) is 3.38. The first-order valence-corrected chi connectivity index (χ1v) is 9.52. The van der Waals surface area contributed by atoms with Gasteiger partial charge in [-0.2, -0.15) is 0 Å². The molecule has 6 nitrogen and oxygen atoms in total. The van der Waals surface area contributed by atoms with E-state index in [9.17, 15) is 9.59 Å². The minimum absolute atomic E-state index is 0.0767. The van der Waals surface area contributed by atoms with Gasteiger partial charge in [-0.05, 0) is 38.7 Å². The Labute approximate surface area is 166 Å². The highest BCUT2D eigenvalue weighted by Gasteiger charge is 2.31. The van der Waals surface area contributed by atoms with E-state index in [0.717, 1.165) is 5.56 Å². The van der Waals surface area contributed by atoms with Crippen LogP contribution in [0.1, 0.15) is 24.9 Å². The van der Waals surface area contributed by atoms with Crippen LogP contribution < -0.4 is 15.0 Å². The molecule has 2 aromatic carbocycles. The number of hydrogen-bond donors (Lipinski definition) is 1. The first-order valence-electron chi connectivity index (χ1n) is 9.52. The van der Waals surface area contributed by atoms with Crippen molar-refractivity contribution in [1.82, 2.24) is 10.2 Å². The number of hydrogen-bond acceptors (Lipinski definition) is 4. The molecule has 0 radical (unpaired) electrons. The van der Waals surface area contributed by atoms with Crippen molar-refractivity contribution >= 4 is 17.5 Å². The van der Waals surface area contributed by atoms with E-state index >= 15 is 0 Å². The Morgan fingerprint density at radius 2 is 1.82 bits per heavy atom. The Balaban J connectivity index is 1.59. The third kappa shape index (κ3) is 4.51. The first kappa shape index (κ1) is 19.9. The van der Waals surface area contributed by atoms with Gasteiger partial charge < -0.3 is 19.9 Å². The van der Waals surface area contributed by atoms with Crippen molar-refractivity contribution in [3.8, 4) is 5.75 Å². The number of para-hydroxylation sites is 2. The first-order chi connectivity index (χ1) is 13.5. The number of carbonyl (C=O) groups is 2. The van der Waals surface area contributed by atoms with Crippen molar-refractivity contribution < 1.29 is 14.3 Å². The van der Waals surface area contributed by atoms with Crippen LogP contribution in [0.5, 0.6) is 5.75 Å². The van der Waals surface area contributed by atoms with Crippen molar-refractivity contribution in [3.63, 3.8) is 0 Å². The molecule has 28 heavy (non-hydrogen) atoms. The molecule has 2 aromatic rings. The van der Waals surface area contributed by atoms with Crippen LogP contribution in [0.3, 0.4) is 0 Å². The summed E-state index contributed by atoms with van der Waals surface area (Å²) in [6, 6.07) is 17.6. The number of amides is 2. The van der Waals surface area contributed by atoms with E-state index in [1.54, 1.807) is 11.8 Å². The number of fused-ring (bicyclic) bond motifs is 1. The summed E-state index contributed by atoms with van der Waals surface area (Å²) in [6.07, 6.45) is -0.309. The quantitative estimate of drug-likeness (QED) is 0.801. The zero-order valence-electron chi connectivity index (χ0n) is 16.6. The molecule has 1 aliphatic rings. The molecule has 1 aliphatic heterocycles. The van der Waals surface area contributed by atoms with Crippen LogP contribution in [0.2, 0.25) is 0 Å². The molecule has 0 aliphatic carbocycles. The molecular formula is C22H27N3O3. The van der Waals surface area contributed by atoms with Gasteiger partial charge in [-0.15, -0.1) is 0 Å². The molecule has 1 N–H and O–H groups in total. The Morgan fingerprint density at radius 3 is 2.54 bits per heavy atom. The van der Waals surface area contributed by atoms with Crippen LogP contribution in [0, 0.1) is 0 Å². The van der Waals surface area contributed by atoms with Gasteiger partial charge in [-0.25, -0.2) is 0 Å². The van der Waals surface area contributed by atoms with E-state index in [1.165, 1.54) is 0 Å². The molecule has 3 rings (SSSR count). The van der Waals surface area contributed by atoms with E-state index in [1.807, 2.05) is 56.6 Å². The van der Waals surface area contributed by atoms with Crippen molar-refractivity contribution in [2.45, 2.75) is 25.5 Å². The van der Waals surface area contributed by atoms with Gasteiger partial charge in [0, 0.05) is 19.5 Å². The molecule has 0 fully saturated rings. The lowest BCUT2D eigenvalue weighted by Gasteiger charge is -2.33. The standard InChI is InChI=1S/C22H27N3O3/c1-16-22(27)25(18-11-7-8-12-20(18)28-16)14-13-21(26)23-15-19(24(2)3)17-9-5-4-6-10-17/h4-12,16,19H,13-15H2,1-3H3,(H,23,26). The van der Waals surface area contributed by atoms with Gasteiger partial charge >= 0.3 is 0 Å². The smallest absolute Gasteiger partial charge is 0.267 e. The second-order valence-electron chi connectivity index (χ2n) is 7.16. The second-order valence-corrected chi connectivity index (χ2v) is 7.16. The number of nitrogens with zero attached hydrogens (tertiary/aromatic N) is 2. The number of ether oxygens (including phenoxy) is 1. The molecule has 0 saturated heterocycles. The normalized spacial score (nSPS) is 17.1. The van der Waals surface area contributed by atoms with Crippen LogP contribution in [0.4, 0.5) is 5.69 Å². The van der Waals surface area contributed by atoms with Gasteiger partial charge in [0.2, 0.25) is 5.91 Å². The number of likely N-dealkylation sites (N-methyl/N-ethyl adjacent to an activating group) is 1. The summed E-state index contributed by atoms with van der Waals surface area (Å²) in [7, 11) is 3.99. The summed E-state index contributed by atoms with van der Waals surface area (Å²) < 4.78 is 5.64. The number of benzene rings is 2. The summed E-state index contributed by atoms with van der Waals surface area (Å²) >= 11 is 0. The van der Waals surface area contributed by atoms with E-state index in [4.69, 9.17) is 4.74 Å². The minimum atomic E-state index is -0.547. The lowest BCUT2D eigenvalue weighted by molar-refractivity contribution is -0.125. The number of carbonyl (C=O) groups excluding carboxylic acids is 2. The summed E-state index contributed by atoms with van der Waals surface area (Å²) in [5.41, 5.74) is 1.87. The fraction of sp³-hybridized carbons (Fsp3) is 0.364. The highest BCUT2D eigenvalue weighted by atomic mass is 16.5. The van der Waals surface area contributed by atoms with Crippen molar-refractivity contribution in [1.29, 1.82) is 0 Å². The van der Waals surface area contributed by atoms with Crippen LogP contribution in [-0.2, 0) is 9.59 Å². The summed E-state index contributed by atoms with van der Waals surface area (Å²) in [5, 5.41) is 3.00. The van der Waals surface area contributed by atoms with E-state index in [-0.39, 0.29) is 24.3 Å². The van der Waals surface area contributed by atoms with Gasteiger partial charge in [0.15, 0.2) is 6.10 Å². The van der Waals surface area contributed by atoms with Crippen molar-refractivity contribution in [2.24, 2.45) is 0 Å². The summed E-state index contributed by atoms with van der Waals surface area (Å²) in [4.78, 5) is 28.7. The van der Waals surface area contributed by atoms with Gasteiger partial charge in [0.25, 0.3) is 5.91 Å². The molecule has 148 valence electrons. The zero-order valence-corrected chi connectivity index (χ0v) is 16.6. The van der Waals surface area contributed by atoms with E-state index in [0.29, 0.717) is 24.5 Å². The van der Waals surface area contributed by atoms with Crippen molar-refractivity contribution in [3.05, 3.63) is 60.2 Å². The molecule has 0 bridgehead atoms. The third-order valence-electron chi connectivity index (χ3n) is 4.94. The highest BCUT2D eigenvalue weighted by molar-refractivity contribution is 6.00. The number of nitrogens with one attached hydrogen (secondary N) is 1. The fourth-order valence-corrected chi connectivity index (χ4v) is 3.38. The Hall–Kier alpha value is -2.86. The van der Waals surface area contributed by atoms with Gasteiger partial charge in [-0.1, -0.05) is 42.5 Å². The average molecular weight is 381 g/mol. The maximum absolute atomic E-state index is 12.5. The van der Waals surface area contributed by atoms with E-state index in [2.05, 4.69) is 22.3 Å². The van der Waals surface area contributed by atoms with Gasteiger partial charge in [0.05, 0.1) is 11.7 Å². The largest absolute Gasteiger partial charge is 0.479 e. The molecule has 0 saturated carbocycles. The van der Waals surface area contributed by atoms with E-state index < -0.39 is 6.10 Å². The molecule has 2 unspecified atom stereocenters. The Bertz CT molecular complexity index is 823. The summed E-state index contributed by atoms with van der Waals surface area (Å²) in [6.45, 7) is 2.57. The molecule has 0 spiro atoms. The van der Waals surface area contributed by atoms with Crippen LogP contribution >= 0.6 is 0 Å². The molecule has 2 amide bonds. The Kier molecular flexibility index (Phi) is 6.31. The molecule has 1 heterocycles. The lowest BCUT2D eigenvalue weighted by atomic mass is 10.1. The SMILES string of the molecule is CC1Oc2ccccc2N(CCC(=O)NCC(c2ccccc2)N(C)C)C1=O. The lowest BCUT2D eigenvalue weighted by Crippen LogP contribution is -2.46. The van der Waals surface area contributed by atoms with Gasteiger partial charge in [-0.3, -0.25) is 9.59 Å². The number of anilines is 1. The molecule has 0 aromatic heterocycles. The zero-order chi connectivity index (χ0) is 20.1.